The maximum atomic E-state index is 9.72. The van der Waals surface area contributed by atoms with Gasteiger partial charge in [-0.2, -0.15) is 0 Å². The quantitative estimate of drug-likeness (QED) is 0.556. The molecule has 3 saturated carbocycles. The van der Waals surface area contributed by atoms with Gasteiger partial charge in [0, 0.05) is 0 Å². The molecular weight excluding hydrogens is 261 g/mol. The van der Waals surface area contributed by atoms with Crippen molar-refractivity contribution in [2.75, 3.05) is 0 Å². The fourth-order valence-corrected chi connectivity index (χ4v) is 10.9. The van der Waals surface area contributed by atoms with Crippen LogP contribution in [0.1, 0.15) is 96.3 Å². The van der Waals surface area contributed by atoms with Crippen LogP contribution in [0, 0.1) is 5.16 Å². The van der Waals surface area contributed by atoms with Crippen molar-refractivity contribution in [2.24, 2.45) is 0 Å². The molecule has 116 valence electrons. The first kappa shape index (κ1) is 15.1. The van der Waals surface area contributed by atoms with Crippen LogP contribution in [0.2, 0.25) is 0 Å². The normalized spacial score (nSPS) is 28.6. The summed E-state index contributed by atoms with van der Waals surface area (Å²) in [6.07, 6.45) is 21.5. The van der Waals surface area contributed by atoms with Crippen molar-refractivity contribution < 1.29 is 0 Å². The zero-order valence-electron chi connectivity index (χ0n) is 13.3. The van der Waals surface area contributed by atoms with Crippen LogP contribution in [0.4, 0.5) is 0 Å². The predicted octanol–water partition coefficient (Wildman–Crippen LogP) is 6.76. The van der Waals surface area contributed by atoms with Gasteiger partial charge in [0.25, 0.3) is 0 Å². The summed E-state index contributed by atoms with van der Waals surface area (Å²) in [5.41, 5.74) is 2.55. The second-order valence-electron chi connectivity index (χ2n) is 7.71. The van der Waals surface area contributed by atoms with Crippen molar-refractivity contribution in [1.29, 1.82) is 5.16 Å². The van der Waals surface area contributed by atoms with E-state index in [1.54, 1.807) is 0 Å². The molecule has 0 amide bonds. The fraction of sp³-hybridized carbons (Fsp3) is 1.00. The van der Waals surface area contributed by atoms with Gasteiger partial charge in [-0.05, 0) is 62.6 Å². The molecule has 3 fully saturated rings. The SMILES string of the molecule is N=P(C1CCCCC1)(C1CCCCC1)C1CCCCC1. The molecule has 1 nitrogen and oxygen atoms in total. The standard InChI is InChI=1S/C18H34NP/c19-20(16-10-4-1-5-11-16,17-12-6-2-7-13-17)18-14-8-3-9-15-18/h16-19H,1-15H2. The van der Waals surface area contributed by atoms with Crippen molar-refractivity contribution >= 4 is 7.05 Å². The Morgan fingerprint density at radius 1 is 0.450 bits per heavy atom. The predicted molar refractivity (Wildman–Crippen MR) is 90.3 cm³/mol. The summed E-state index contributed by atoms with van der Waals surface area (Å²) < 4.78 is 0. The molecule has 0 heterocycles. The fourth-order valence-electron chi connectivity index (χ4n) is 5.42. The smallest absolute Gasteiger partial charge is 0.00575 e. The van der Waals surface area contributed by atoms with Gasteiger partial charge in [0.2, 0.25) is 0 Å². The van der Waals surface area contributed by atoms with Crippen molar-refractivity contribution in [3.63, 3.8) is 0 Å². The molecule has 0 bridgehead atoms. The molecule has 3 aliphatic rings. The Morgan fingerprint density at radius 2 is 0.700 bits per heavy atom. The highest BCUT2D eigenvalue weighted by atomic mass is 31.2. The van der Waals surface area contributed by atoms with Gasteiger partial charge in [0.05, 0.1) is 0 Å². The van der Waals surface area contributed by atoms with Crippen LogP contribution in [-0.4, -0.2) is 17.0 Å². The lowest BCUT2D eigenvalue weighted by molar-refractivity contribution is 0.454. The molecule has 2 heteroatoms. The molecule has 1 N–H and O–H groups in total. The first-order valence-electron chi connectivity index (χ1n) is 9.45. The zero-order chi connectivity index (χ0) is 13.8. The summed E-state index contributed by atoms with van der Waals surface area (Å²) in [7, 11) is -1.45. The van der Waals surface area contributed by atoms with Crippen molar-refractivity contribution in [3.05, 3.63) is 0 Å². The second-order valence-corrected chi connectivity index (χ2v) is 11.6. The van der Waals surface area contributed by atoms with Crippen LogP contribution in [0.25, 0.3) is 0 Å². The Balaban J connectivity index is 1.81. The van der Waals surface area contributed by atoms with Gasteiger partial charge in [-0.15, -0.1) is 0 Å². The van der Waals surface area contributed by atoms with Crippen LogP contribution in [-0.2, 0) is 0 Å². The van der Waals surface area contributed by atoms with Gasteiger partial charge in [-0.25, -0.2) is 0 Å². The van der Waals surface area contributed by atoms with E-state index in [1.807, 2.05) is 0 Å². The van der Waals surface area contributed by atoms with Crippen LogP contribution in [0.5, 0.6) is 0 Å². The van der Waals surface area contributed by atoms with Crippen LogP contribution >= 0.6 is 7.05 Å². The molecule has 3 aliphatic carbocycles. The largest absolute Gasteiger partial charge is 0.318 e. The average Bonchev–Trinajstić information content (AvgIpc) is 2.56. The molecule has 3 rings (SSSR count). The van der Waals surface area contributed by atoms with Crippen molar-refractivity contribution in [2.45, 2.75) is 113 Å². The molecular formula is C18H34NP. The molecule has 0 spiro atoms. The summed E-state index contributed by atoms with van der Waals surface area (Å²) in [5, 5.41) is 9.72. The van der Waals surface area contributed by atoms with Gasteiger partial charge >= 0.3 is 0 Å². The number of hydrogen-bond acceptors (Lipinski definition) is 1. The Bertz CT molecular complexity index is 281. The van der Waals surface area contributed by atoms with Gasteiger partial charge in [-0.1, -0.05) is 57.8 Å². The topological polar surface area (TPSA) is 23.9 Å². The molecule has 0 radical (unpaired) electrons. The third-order valence-electron chi connectivity index (χ3n) is 6.54. The average molecular weight is 295 g/mol. The summed E-state index contributed by atoms with van der Waals surface area (Å²) in [6, 6.07) is 0. The van der Waals surface area contributed by atoms with E-state index >= 15 is 0 Å². The van der Waals surface area contributed by atoms with E-state index in [0.29, 0.717) is 0 Å². The third kappa shape index (κ3) is 3.03. The summed E-state index contributed by atoms with van der Waals surface area (Å²) in [4.78, 5) is 0. The highest BCUT2D eigenvalue weighted by Crippen LogP contribution is 2.68. The molecule has 0 atom stereocenters. The van der Waals surface area contributed by atoms with E-state index in [0.717, 1.165) is 17.0 Å². The van der Waals surface area contributed by atoms with E-state index in [9.17, 15) is 5.16 Å². The summed E-state index contributed by atoms with van der Waals surface area (Å²) in [5.74, 6) is 0. The Kier molecular flexibility index (Phi) is 5.29. The van der Waals surface area contributed by atoms with Crippen LogP contribution in [0.3, 0.4) is 0 Å². The third-order valence-corrected chi connectivity index (χ3v) is 11.7. The maximum absolute atomic E-state index is 9.72. The van der Waals surface area contributed by atoms with Crippen molar-refractivity contribution in [3.8, 4) is 0 Å². The first-order chi connectivity index (χ1) is 9.82. The van der Waals surface area contributed by atoms with Crippen LogP contribution < -0.4 is 0 Å². The molecule has 20 heavy (non-hydrogen) atoms. The zero-order valence-corrected chi connectivity index (χ0v) is 14.2. The monoisotopic (exact) mass is 295 g/mol. The molecule has 0 aromatic rings. The number of rotatable bonds is 3. The van der Waals surface area contributed by atoms with Gasteiger partial charge in [0.15, 0.2) is 0 Å². The van der Waals surface area contributed by atoms with E-state index in [4.69, 9.17) is 0 Å². The van der Waals surface area contributed by atoms with Crippen LogP contribution in [0.15, 0.2) is 0 Å². The lowest BCUT2D eigenvalue weighted by Gasteiger charge is -2.47. The van der Waals surface area contributed by atoms with E-state index in [1.165, 1.54) is 96.3 Å². The lowest BCUT2D eigenvalue weighted by atomic mass is 9.99. The Morgan fingerprint density at radius 3 is 0.950 bits per heavy atom. The molecule has 0 aromatic heterocycles. The van der Waals surface area contributed by atoms with E-state index in [-0.39, 0.29) is 0 Å². The van der Waals surface area contributed by atoms with Gasteiger partial charge in [0.1, 0.15) is 0 Å². The second kappa shape index (κ2) is 6.99. The molecule has 0 aliphatic heterocycles. The molecule has 0 saturated heterocycles. The van der Waals surface area contributed by atoms with Crippen molar-refractivity contribution in [1.82, 2.24) is 0 Å². The number of hydrogen-bond donors (Lipinski definition) is 1. The highest BCUT2D eigenvalue weighted by molar-refractivity contribution is 7.67. The maximum Gasteiger partial charge on any atom is -0.00575 e. The van der Waals surface area contributed by atoms with Gasteiger partial charge in [-0.3, -0.25) is 0 Å². The Labute approximate surface area is 126 Å². The van der Waals surface area contributed by atoms with E-state index in [2.05, 4.69) is 0 Å². The Hall–Kier alpha value is 0.230. The highest BCUT2D eigenvalue weighted by Gasteiger charge is 2.42. The summed E-state index contributed by atoms with van der Waals surface area (Å²) >= 11 is 0. The summed E-state index contributed by atoms with van der Waals surface area (Å²) in [6.45, 7) is 0. The lowest BCUT2D eigenvalue weighted by Crippen LogP contribution is -2.31. The minimum absolute atomic E-state index is 0.849. The molecule has 0 unspecified atom stereocenters. The minimum Gasteiger partial charge on any atom is -0.318 e. The number of nitrogens with one attached hydrogen (secondary N) is 1. The van der Waals surface area contributed by atoms with Gasteiger partial charge < -0.3 is 5.16 Å². The minimum atomic E-state index is -1.45. The first-order valence-corrected chi connectivity index (χ1v) is 11.4. The molecule has 0 aromatic carbocycles. The van der Waals surface area contributed by atoms with E-state index < -0.39 is 7.05 Å².